The fourth-order valence-electron chi connectivity index (χ4n) is 0.700. The number of alkyl halides is 1. The third kappa shape index (κ3) is 3.56. The summed E-state index contributed by atoms with van der Waals surface area (Å²) in [4.78, 5) is 4.00. The monoisotopic (exact) mass is 277 g/mol. The molecule has 0 saturated carbocycles. The molecule has 1 aromatic rings. The quantitative estimate of drug-likeness (QED) is 0.566. The molecule has 0 aromatic carbocycles. The highest BCUT2D eigenvalue weighted by Crippen LogP contribution is 2.17. The Morgan fingerprint density at radius 2 is 2.23 bits per heavy atom. The molecular weight excluding hydrogens is 273 g/mol. The van der Waals surface area contributed by atoms with Gasteiger partial charge < -0.3 is 0 Å². The van der Waals surface area contributed by atoms with Crippen LogP contribution in [0.25, 0.3) is 0 Å². The van der Waals surface area contributed by atoms with E-state index in [1.165, 1.54) is 6.20 Å². The van der Waals surface area contributed by atoms with E-state index in [0.29, 0.717) is 15.7 Å². The van der Waals surface area contributed by atoms with Gasteiger partial charge in [0.25, 0.3) is 0 Å². The van der Waals surface area contributed by atoms with Crippen LogP contribution in [0.3, 0.4) is 0 Å². The Hall–Kier alpha value is -0.230. The highest BCUT2D eigenvalue weighted by Gasteiger charge is 1.98. The van der Waals surface area contributed by atoms with E-state index in [1.807, 2.05) is 0 Å². The van der Waals surface area contributed by atoms with Crippen molar-refractivity contribution in [2.75, 3.05) is 5.33 Å². The summed E-state index contributed by atoms with van der Waals surface area (Å²) in [5, 5.41) is 1.87. The van der Waals surface area contributed by atoms with Gasteiger partial charge in [-0.3, -0.25) is 0 Å². The molecule has 0 radical (unpaired) electrons. The first-order valence-electron chi connectivity index (χ1n) is 3.60. The van der Waals surface area contributed by atoms with Gasteiger partial charge in [0.1, 0.15) is 5.69 Å². The van der Waals surface area contributed by atoms with Gasteiger partial charge in [0.2, 0.25) is 0 Å². The molecule has 1 heterocycles. The lowest BCUT2D eigenvalue weighted by Crippen LogP contribution is -1.83. The van der Waals surface area contributed by atoms with Crippen LogP contribution in [0.4, 0.5) is 0 Å². The molecule has 4 heteroatoms. The average molecular weight is 279 g/mol. The Morgan fingerprint density at radius 3 is 2.85 bits per heavy atom. The fourth-order valence-corrected chi connectivity index (χ4v) is 1.33. The molecule has 68 valence electrons. The van der Waals surface area contributed by atoms with E-state index in [-0.39, 0.29) is 0 Å². The summed E-state index contributed by atoms with van der Waals surface area (Å²) in [7, 11) is 0. The normalized spacial score (nSPS) is 9.15. The van der Waals surface area contributed by atoms with Gasteiger partial charge in [0, 0.05) is 17.9 Å². The highest BCUT2D eigenvalue weighted by molar-refractivity contribution is 9.09. The van der Waals surface area contributed by atoms with Crippen molar-refractivity contribution >= 4 is 39.1 Å². The van der Waals surface area contributed by atoms with Crippen molar-refractivity contribution in [1.29, 1.82) is 0 Å². The van der Waals surface area contributed by atoms with Crippen LogP contribution >= 0.6 is 39.1 Å². The summed E-state index contributed by atoms with van der Waals surface area (Å²) in [6, 6.07) is 1.63. The summed E-state index contributed by atoms with van der Waals surface area (Å²) in [6.45, 7) is 0. The lowest BCUT2D eigenvalue weighted by molar-refractivity contribution is 1.27. The van der Waals surface area contributed by atoms with Crippen molar-refractivity contribution in [3.63, 3.8) is 0 Å². The SMILES string of the molecule is Clc1cnc(C#CCCBr)c(Cl)c1. The third-order valence-corrected chi connectivity index (χ3v) is 2.13. The number of hydrogen-bond acceptors (Lipinski definition) is 1. The van der Waals surface area contributed by atoms with Crippen LogP contribution in [0.5, 0.6) is 0 Å². The number of rotatable bonds is 1. The topological polar surface area (TPSA) is 12.9 Å². The fraction of sp³-hybridized carbons (Fsp3) is 0.222. The minimum absolute atomic E-state index is 0.495. The second-order valence-corrected chi connectivity index (χ2v) is 3.86. The van der Waals surface area contributed by atoms with Crippen LogP contribution in [0.15, 0.2) is 12.3 Å². The minimum Gasteiger partial charge on any atom is -0.245 e. The van der Waals surface area contributed by atoms with Crippen LogP contribution < -0.4 is 0 Å². The molecule has 0 atom stereocenters. The second-order valence-electron chi connectivity index (χ2n) is 2.22. The Balaban J connectivity index is 2.85. The Kier molecular flexibility index (Phi) is 4.58. The molecular formula is C9H6BrCl2N. The maximum absolute atomic E-state index is 5.85. The van der Waals surface area contributed by atoms with Crippen LogP contribution in [0, 0.1) is 11.8 Å². The first-order chi connectivity index (χ1) is 6.24. The van der Waals surface area contributed by atoms with Gasteiger partial charge >= 0.3 is 0 Å². The number of pyridine rings is 1. The second kappa shape index (κ2) is 5.49. The zero-order valence-electron chi connectivity index (χ0n) is 6.65. The molecule has 0 bridgehead atoms. The van der Waals surface area contributed by atoms with Gasteiger partial charge in [-0.15, -0.1) is 0 Å². The van der Waals surface area contributed by atoms with Gasteiger partial charge in [-0.05, 0) is 12.0 Å². The van der Waals surface area contributed by atoms with E-state index < -0.39 is 0 Å². The average Bonchev–Trinajstić information content (AvgIpc) is 2.09. The lowest BCUT2D eigenvalue weighted by Gasteiger charge is -1.94. The zero-order chi connectivity index (χ0) is 9.68. The largest absolute Gasteiger partial charge is 0.245 e. The number of aromatic nitrogens is 1. The third-order valence-electron chi connectivity index (χ3n) is 1.23. The highest BCUT2D eigenvalue weighted by atomic mass is 79.9. The van der Waals surface area contributed by atoms with Crippen LogP contribution in [-0.2, 0) is 0 Å². The van der Waals surface area contributed by atoms with Crippen LogP contribution in [0.1, 0.15) is 12.1 Å². The van der Waals surface area contributed by atoms with Crippen LogP contribution in [-0.4, -0.2) is 10.3 Å². The maximum Gasteiger partial charge on any atom is 0.131 e. The van der Waals surface area contributed by atoms with E-state index in [2.05, 4.69) is 32.8 Å². The van der Waals surface area contributed by atoms with E-state index in [4.69, 9.17) is 23.2 Å². The van der Waals surface area contributed by atoms with Crippen molar-refractivity contribution in [1.82, 2.24) is 4.98 Å². The predicted molar refractivity (Wildman–Crippen MR) is 59.5 cm³/mol. The molecule has 1 nitrogen and oxygen atoms in total. The molecule has 13 heavy (non-hydrogen) atoms. The molecule has 1 aromatic heterocycles. The number of nitrogens with zero attached hydrogens (tertiary/aromatic N) is 1. The van der Waals surface area contributed by atoms with E-state index in [9.17, 15) is 0 Å². The van der Waals surface area contributed by atoms with Gasteiger partial charge in [-0.1, -0.05) is 45.1 Å². The van der Waals surface area contributed by atoms with E-state index >= 15 is 0 Å². The zero-order valence-corrected chi connectivity index (χ0v) is 9.75. The summed E-state index contributed by atoms with van der Waals surface area (Å²) >= 11 is 14.8. The Bertz CT molecular complexity index is 354. The first-order valence-corrected chi connectivity index (χ1v) is 5.47. The lowest BCUT2D eigenvalue weighted by atomic mass is 10.3. The molecule has 0 fully saturated rings. The van der Waals surface area contributed by atoms with Gasteiger partial charge in [0.15, 0.2) is 0 Å². The summed E-state index contributed by atoms with van der Waals surface area (Å²) < 4.78 is 0. The molecule has 0 aliphatic carbocycles. The molecule has 0 spiro atoms. The van der Waals surface area contributed by atoms with Crippen molar-refractivity contribution < 1.29 is 0 Å². The maximum atomic E-state index is 5.85. The van der Waals surface area contributed by atoms with E-state index in [0.717, 1.165) is 11.8 Å². The Morgan fingerprint density at radius 1 is 1.46 bits per heavy atom. The molecule has 0 N–H and O–H groups in total. The molecule has 0 aliphatic heterocycles. The standard InChI is InChI=1S/C9H6BrCl2N/c10-4-2-1-3-9-8(12)5-7(11)6-13-9/h5-6H,2,4H2. The number of hydrogen-bond donors (Lipinski definition) is 0. The van der Waals surface area contributed by atoms with Gasteiger partial charge in [-0.2, -0.15) is 0 Å². The van der Waals surface area contributed by atoms with Gasteiger partial charge in [0.05, 0.1) is 10.0 Å². The summed E-state index contributed by atoms with van der Waals surface area (Å²) in [6.07, 6.45) is 2.31. The van der Waals surface area contributed by atoms with Gasteiger partial charge in [-0.25, -0.2) is 4.98 Å². The predicted octanol–water partition coefficient (Wildman–Crippen LogP) is 3.52. The molecule has 0 saturated heterocycles. The molecule has 0 unspecified atom stereocenters. The summed E-state index contributed by atoms with van der Waals surface area (Å²) in [5.74, 6) is 5.78. The molecule has 1 rings (SSSR count). The minimum atomic E-state index is 0.495. The number of halogens is 3. The van der Waals surface area contributed by atoms with Crippen molar-refractivity contribution in [3.8, 4) is 11.8 Å². The van der Waals surface area contributed by atoms with Crippen molar-refractivity contribution in [2.45, 2.75) is 6.42 Å². The van der Waals surface area contributed by atoms with Crippen molar-refractivity contribution in [2.24, 2.45) is 0 Å². The summed E-state index contributed by atoms with van der Waals surface area (Å²) in [5.41, 5.74) is 0.576. The molecule has 0 aliphatic rings. The smallest absolute Gasteiger partial charge is 0.131 e. The molecule has 0 amide bonds. The van der Waals surface area contributed by atoms with Crippen molar-refractivity contribution in [3.05, 3.63) is 28.0 Å². The Labute approximate surface area is 95.6 Å². The first kappa shape index (κ1) is 10.8. The van der Waals surface area contributed by atoms with Crippen LogP contribution in [0.2, 0.25) is 10.0 Å². The van der Waals surface area contributed by atoms with E-state index in [1.54, 1.807) is 6.07 Å².